The first-order valence-electron chi connectivity index (χ1n) is 6.64. The Balaban J connectivity index is 2.03. The third-order valence-electron chi connectivity index (χ3n) is 3.62. The zero-order valence-electron chi connectivity index (χ0n) is 11.2. The molecule has 5 heteroatoms. The predicted octanol–water partition coefficient (Wildman–Crippen LogP) is 5.71. The van der Waals surface area contributed by atoms with Crippen LogP contribution >= 0.6 is 27.5 Å². The minimum Gasteiger partial charge on any atom is -0.312 e. The second-order valence-electron chi connectivity index (χ2n) is 5.03. The van der Waals surface area contributed by atoms with Crippen molar-refractivity contribution in [2.45, 2.75) is 0 Å². The minimum absolute atomic E-state index is 0.249. The van der Waals surface area contributed by atoms with E-state index in [4.69, 9.17) is 11.6 Å². The fourth-order valence-corrected chi connectivity index (χ4v) is 3.15. The number of nitrogens with zero attached hydrogens (tertiary/aromatic N) is 2. The zero-order chi connectivity index (χ0) is 15.3. The molecular weight excluding hydrogens is 367 g/mol. The molecule has 0 atom stereocenters. The maximum Gasteiger partial charge on any atom is 0.153 e. The van der Waals surface area contributed by atoms with E-state index >= 15 is 0 Å². The summed E-state index contributed by atoms with van der Waals surface area (Å²) < 4.78 is 16.1. The van der Waals surface area contributed by atoms with Gasteiger partial charge in [0.2, 0.25) is 0 Å². The number of fused-ring (bicyclic) bond motifs is 3. The highest BCUT2D eigenvalue weighted by Gasteiger charge is 2.10. The van der Waals surface area contributed by atoms with Gasteiger partial charge in [-0.25, -0.2) is 9.37 Å². The number of hydrogen-bond donors (Lipinski definition) is 0. The van der Waals surface area contributed by atoms with Gasteiger partial charge in [-0.2, -0.15) is 0 Å². The summed E-state index contributed by atoms with van der Waals surface area (Å²) in [5.41, 5.74) is 4.51. The van der Waals surface area contributed by atoms with E-state index in [9.17, 15) is 4.39 Å². The van der Waals surface area contributed by atoms with Crippen molar-refractivity contribution in [3.8, 4) is 11.1 Å². The lowest BCUT2D eigenvalue weighted by molar-refractivity contribution is 0.628. The summed E-state index contributed by atoms with van der Waals surface area (Å²) in [4.78, 5) is 4.43. The van der Waals surface area contributed by atoms with E-state index in [1.165, 1.54) is 12.1 Å². The van der Waals surface area contributed by atoms with Crippen LogP contribution in [0, 0.1) is 5.82 Å². The van der Waals surface area contributed by atoms with Gasteiger partial charge in [0.1, 0.15) is 5.82 Å². The van der Waals surface area contributed by atoms with Gasteiger partial charge in [0.25, 0.3) is 0 Å². The van der Waals surface area contributed by atoms with Crippen LogP contribution in [0.15, 0.2) is 59.2 Å². The Morgan fingerprint density at radius 3 is 2.50 bits per heavy atom. The van der Waals surface area contributed by atoms with Crippen molar-refractivity contribution < 1.29 is 4.39 Å². The van der Waals surface area contributed by atoms with Crippen LogP contribution in [0.3, 0.4) is 0 Å². The van der Waals surface area contributed by atoms with Crippen LogP contribution in [-0.4, -0.2) is 9.38 Å². The summed E-state index contributed by atoms with van der Waals surface area (Å²) in [5, 5.41) is 0.447. The maximum atomic E-state index is 13.1. The monoisotopic (exact) mass is 374 g/mol. The van der Waals surface area contributed by atoms with Crippen molar-refractivity contribution in [1.82, 2.24) is 9.38 Å². The quantitative estimate of drug-likeness (QED) is 0.416. The summed E-state index contributed by atoms with van der Waals surface area (Å²) in [6.07, 6.45) is 1.99. The van der Waals surface area contributed by atoms with Crippen LogP contribution in [0.4, 0.5) is 4.39 Å². The molecule has 4 aromatic rings. The van der Waals surface area contributed by atoms with E-state index in [0.29, 0.717) is 5.15 Å². The molecule has 0 amide bonds. The SMILES string of the molecule is Fc1ccc(-c2cc3c(Cl)nc4ccc(Br)cc4n3c2)cc1. The highest BCUT2D eigenvalue weighted by molar-refractivity contribution is 9.10. The topological polar surface area (TPSA) is 17.3 Å². The molecule has 0 unspecified atom stereocenters. The first-order valence-corrected chi connectivity index (χ1v) is 7.82. The van der Waals surface area contributed by atoms with Crippen molar-refractivity contribution in [3.05, 3.63) is 70.2 Å². The number of halogens is 3. The van der Waals surface area contributed by atoms with Crippen LogP contribution in [0.5, 0.6) is 0 Å². The molecule has 0 N–H and O–H groups in total. The fourth-order valence-electron chi connectivity index (χ4n) is 2.57. The van der Waals surface area contributed by atoms with E-state index in [1.54, 1.807) is 12.1 Å². The van der Waals surface area contributed by atoms with Crippen molar-refractivity contribution >= 4 is 44.1 Å². The lowest BCUT2D eigenvalue weighted by atomic mass is 10.1. The Hall–Kier alpha value is -1.91. The highest BCUT2D eigenvalue weighted by atomic mass is 79.9. The van der Waals surface area contributed by atoms with E-state index in [2.05, 4.69) is 20.9 Å². The van der Waals surface area contributed by atoms with Gasteiger partial charge in [0.15, 0.2) is 5.15 Å². The molecule has 2 aromatic carbocycles. The molecule has 108 valence electrons. The first kappa shape index (κ1) is 13.7. The van der Waals surface area contributed by atoms with Crippen molar-refractivity contribution in [2.75, 3.05) is 0 Å². The van der Waals surface area contributed by atoms with Crippen LogP contribution in [-0.2, 0) is 0 Å². The second-order valence-corrected chi connectivity index (χ2v) is 6.30. The summed E-state index contributed by atoms with van der Waals surface area (Å²) >= 11 is 9.78. The molecule has 2 nitrogen and oxygen atoms in total. The van der Waals surface area contributed by atoms with Crippen LogP contribution in [0.25, 0.3) is 27.7 Å². The minimum atomic E-state index is -0.249. The fraction of sp³-hybridized carbons (Fsp3) is 0. The number of rotatable bonds is 1. The highest BCUT2D eigenvalue weighted by Crippen LogP contribution is 2.30. The normalized spacial score (nSPS) is 11.4. The maximum absolute atomic E-state index is 13.1. The summed E-state index contributed by atoms with van der Waals surface area (Å²) in [6, 6.07) is 14.2. The predicted molar refractivity (Wildman–Crippen MR) is 90.8 cm³/mol. The summed E-state index contributed by atoms with van der Waals surface area (Å²) in [5.74, 6) is -0.249. The molecule has 0 fully saturated rings. The lowest BCUT2D eigenvalue weighted by Crippen LogP contribution is -1.90. The van der Waals surface area contributed by atoms with Gasteiger partial charge in [-0.15, -0.1) is 0 Å². The van der Waals surface area contributed by atoms with Crippen LogP contribution in [0.2, 0.25) is 5.15 Å². The van der Waals surface area contributed by atoms with Gasteiger partial charge in [-0.05, 0) is 42.0 Å². The van der Waals surface area contributed by atoms with Gasteiger partial charge in [-0.3, -0.25) is 0 Å². The average Bonchev–Trinajstić information content (AvgIpc) is 2.95. The molecular formula is C17H9BrClFN2. The standard InChI is InChI=1S/C17H9BrClFN2/c18-12-3-6-14-15(8-12)22-9-11(7-16(22)17(19)21-14)10-1-4-13(20)5-2-10/h1-9H. The van der Waals surface area contributed by atoms with Crippen molar-refractivity contribution in [2.24, 2.45) is 0 Å². The average molecular weight is 376 g/mol. The van der Waals surface area contributed by atoms with Gasteiger partial charge < -0.3 is 4.40 Å². The Morgan fingerprint density at radius 1 is 0.955 bits per heavy atom. The number of hydrogen-bond acceptors (Lipinski definition) is 1. The second kappa shape index (κ2) is 5.07. The molecule has 0 spiro atoms. The Morgan fingerprint density at radius 2 is 1.73 bits per heavy atom. The summed E-state index contributed by atoms with van der Waals surface area (Å²) in [6.45, 7) is 0. The molecule has 0 aliphatic rings. The Bertz CT molecular complexity index is 1010. The van der Waals surface area contributed by atoms with Crippen LogP contribution in [0.1, 0.15) is 0 Å². The van der Waals surface area contributed by atoms with Crippen LogP contribution < -0.4 is 0 Å². The zero-order valence-corrected chi connectivity index (χ0v) is 13.6. The lowest BCUT2D eigenvalue weighted by Gasteiger charge is -2.04. The molecule has 2 heterocycles. The summed E-state index contributed by atoms with van der Waals surface area (Å²) in [7, 11) is 0. The number of aromatic nitrogens is 2. The van der Waals surface area contributed by atoms with Crippen molar-refractivity contribution in [1.29, 1.82) is 0 Å². The van der Waals surface area contributed by atoms with E-state index < -0.39 is 0 Å². The molecule has 0 saturated heterocycles. The molecule has 4 rings (SSSR count). The Labute approximate surface area is 139 Å². The molecule has 0 aliphatic heterocycles. The van der Waals surface area contributed by atoms with E-state index in [-0.39, 0.29) is 5.82 Å². The smallest absolute Gasteiger partial charge is 0.153 e. The van der Waals surface area contributed by atoms with Gasteiger partial charge in [0.05, 0.1) is 16.6 Å². The third-order valence-corrected chi connectivity index (χ3v) is 4.40. The molecule has 2 aromatic heterocycles. The van der Waals surface area contributed by atoms with Gasteiger partial charge >= 0.3 is 0 Å². The molecule has 0 saturated carbocycles. The molecule has 0 bridgehead atoms. The third kappa shape index (κ3) is 2.19. The molecule has 0 aliphatic carbocycles. The van der Waals surface area contributed by atoms with Gasteiger partial charge in [-0.1, -0.05) is 39.7 Å². The largest absolute Gasteiger partial charge is 0.312 e. The number of benzene rings is 2. The van der Waals surface area contributed by atoms with E-state index in [1.807, 2.05) is 34.9 Å². The van der Waals surface area contributed by atoms with Gasteiger partial charge in [0, 0.05) is 16.2 Å². The molecule has 22 heavy (non-hydrogen) atoms. The molecule has 0 radical (unpaired) electrons. The van der Waals surface area contributed by atoms with E-state index in [0.717, 1.165) is 32.1 Å². The van der Waals surface area contributed by atoms with Crippen molar-refractivity contribution in [3.63, 3.8) is 0 Å². The Kier molecular flexibility index (Phi) is 3.17. The first-order chi connectivity index (χ1) is 10.6.